The lowest BCUT2D eigenvalue weighted by Gasteiger charge is -2.19. The van der Waals surface area contributed by atoms with Crippen molar-refractivity contribution in [3.05, 3.63) is 59.7 Å². The van der Waals surface area contributed by atoms with Crippen LogP contribution in [0.2, 0.25) is 0 Å². The zero-order valence-corrected chi connectivity index (χ0v) is 17.0. The van der Waals surface area contributed by atoms with Gasteiger partial charge in [0.1, 0.15) is 5.60 Å². The molecule has 27 heavy (non-hydrogen) atoms. The summed E-state index contributed by atoms with van der Waals surface area (Å²) in [6.45, 7) is 8.00. The van der Waals surface area contributed by atoms with Gasteiger partial charge < -0.3 is 10.1 Å². The Balaban J connectivity index is 1.82. The number of aryl methyl sites for hydroxylation is 1. The molecular weight excluding hydrogens is 360 g/mol. The Morgan fingerprint density at radius 1 is 1.07 bits per heavy atom. The number of carbonyl (C=O) groups is 2. The molecule has 0 aliphatic heterocycles. The first-order valence-corrected chi connectivity index (χ1v) is 9.79. The average Bonchev–Trinajstić information content (AvgIpc) is 2.58. The number of hydrogen-bond donors (Lipinski definition) is 2. The van der Waals surface area contributed by atoms with Crippen molar-refractivity contribution in [1.82, 2.24) is 5.32 Å². The van der Waals surface area contributed by atoms with Gasteiger partial charge in [-0.1, -0.05) is 23.8 Å². The highest BCUT2D eigenvalue weighted by atomic mass is 32.2. The lowest BCUT2D eigenvalue weighted by Crippen LogP contribution is -2.28. The second-order valence-corrected chi connectivity index (χ2v) is 8.29. The third-order valence-electron chi connectivity index (χ3n) is 3.45. The second-order valence-electron chi connectivity index (χ2n) is 7.13. The van der Waals surface area contributed by atoms with Crippen LogP contribution in [0, 0.1) is 6.92 Å². The zero-order valence-electron chi connectivity index (χ0n) is 16.2. The van der Waals surface area contributed by atoms with Gasteiger partial charge in [0.25, 0.3) is 5.91 Å². The van der Waals surface area contributed by atoms with Crippen LogP contribution in [0.5, 0.6) is 0 Å². The molecule has 0 radical (unpaired) electrons. The summed E-state index contributed by atoms with van der Waals surface area (Å²) in [5.74, 6) is 0.609. The van der Waals surface area contributed by atoms with Gasteiger partial charge in [-0.05, 0) is 58.0 Å². The van der Waals surface area contributed by atoms with Crippen molar-refractivity contribution in [3.63, 3.8) is 0 Å². The van der Waals surface area contributed by atoms with Gasteiger partial charge in [0.15, 0.2) is 0 Å². The van der Waals surface area contributed by atoms with Gasteiger partial charge in [-0.15, -0.1) is 11.8 Å². The number of thioether (sulfide) groups is 1. The number of carbonyl (C=O) groups excluding carboxylic acids is 2. The summed E-state index contributed by atoms with van der Waals surface area (Å²) in [7, 11) is 0. The molecule has 0 saturated heterocycles. The van der Waals surface area contributed by atoms with Gasteiger partial charge in [0.2, 0.25) is 0 Å². The molecule has 2 rings (SSSR count). The predicted molar refractivity (Wildman–Crippen MR) is 111 cm³/mol. The van der Waals surface area contributed by atoms with Gasteiger partial charge in [0, 0.05) is 28.4 Å². The molecule has 0 saturated carbocycles. The van der Waals surface area contributed by atoms with Crippen LogP contribution < -0.4 is 10.6 Å². The number of hydrogen-bond acceptors (Lipinski definition) is 4. The van der Waals surface area contributed by atoms with Crippen molar-refractivity contribution in [2.24, 2.45) is 0 Å². The van der Waals surface area contributed by atoms with Crippen LogP contribution in [0.1, 0.15) is 36.7 Å². The van der Waals surface area contributed by atoms with E-state index in [0.29, 0.717) is 17.8 Å². The van der Waals surface area contributed by atoms with E-state index in [-0.39, 0.29) is 5.91 Å². The molecule has 5 nitrogen and oxygen atoms in total. The Morgan fingerprint density at radius 3 is 2.44 bits per heavy atom. The lowest BCUT2D eigenvalue weighted by atomic mass is 10.2. The third-order valence-corrected chi connectivity index (χ3v) is 4.46. The SMILES string of the molecule is Cc1ccc(SCCNC(=O)c2cccc(NC(=O)OC(C)(C)C)c2)cc1. The summed E-state index contributed by atoms with van der Waals surface area (Å²) < 4.78 is 5.22. The maximum Gasteiger partial charge on any atom is 0.412 e. The van der Waals surface area contributed by atoms with Crippen molar-refractivity contribution < 1.29 is 14.3 Å². The first kappa shape index (κ1) is 20.8. The van der Waals surface area contributed by atoms with Crippen LogP contribution in [0.25, 0.3) is 0 Å². The minimum atomic E-state index is -0.575. The first-order valence-electron chi connectivity index (χ1n) is 8.81. The second kappa shape index (κ2) is 9.46. The van der Waals surface area contributed by atoms with Crippen molar-refractivity contribution in [1.29, 1.82) is 0 Å². The molecule has 2 aromatic carbocycles. The summed E-state index contributed by atoms with van der Waals surface area (Å²) in [6, 6.07) is 15.1. The van der Waals surface area contributed by atoms with E-state index in [4.69, 9.17) is 4.74 Å². The molecule has 6 heteroatoms. The highest BCUT2D eigenvalue weighted by molar-refractivity contribution is 7.99. The quantitative estimate of drug-likeness (QED) is 0.549. The first-order chi connectivity index (χ1) is 12.7. The topological polar surface area (TPSA) is 67.4 Å². The van der Waals surface area contributed by atoms with E-state index >= 15 is 0 Å². The molecule has 144 valence electrons. The van der Waals surface area contributed by atoms with Crippen LogP contribution in [0.15, 0.2) is 53.4 Å². The molecule has 0 bridgehead atoms. The van der Waals surface area contributed by atoms with E-state index in [2.05, 4.69) is 41.8 Å². The maximum atomic E-state index is 12.3. The molecular formula is C21H26N2O3S. The molecule has 2 N–H and O–H groups in total. The van der Waals surface area contributed by atoms with Crippen molar-refractivity contribution in [3.8, 4) is 0 Å². The van der Waals surface area contributed by atoms with Gasteiger partial charge in [-0.3, -0.25) is 10.1 Å². The molecule has 0 aromatic heterocycles. The van der Waals surface area contributed by atoms with Crippen LogP contribution >= 0.6 is 11.8 Å². The largest absolute Gasteiger partial charge is 0.444 e. The van der Waals surface area contributed by atoms with Gasteiger partial charge in [0.05, 0.1) is 0 Å². The monoisotopic (exact) mass is 386 g/mol. The summed E-state index contributed by atoms with van der Waals surface area (Å²) in [5, 5.41) is 5.54. The van der Waals surface area contributed by atoms with E-state index in [1.165, 1.54) is 10.5 Å². The molecule has 0 aliphatic rings. The normalized spacial score (nSPS) is 11.0. The third kappa shape index (κ3) is 7.74. The minimum absolute atomic E-state index is 0.174. The average molecular weight is 387 g/mol. The fourth-order valence-electron chi connectivity index (χ4n) is 2.23. The summed E-state index contributed by atoms with van der Waals surface area (Å²) in [4.78, 5) is 25.3. The van der Waals surface area contributed by atoms with E-state index in [1.807, 2.05) is 0 Å². The Morgan fingerprint density at radius 2 is 1.78 bits per heavy atom. The highest BCUT2D eigenvalue weighted by Gasteiger charge is 2.16. The maximum absolute atomic E-state index is 12.3. The summed E-state index contributed by atoms with van der Waals surface area (Å²) >= 11 is 1.69. The van der Waals surface area contributed by atoms with Gasteiger partial charge >= 0.3 is 6.09 Å². The van der Waals surface area contributed by atoms with Crippen molar-refractivity contribution >= 4 is 29.4 Å². The van der Waals surface area contributed by atoms with Crippen molar-refractivity contribution in [2.45, 2.75) is 38.2 Å². The standard InChI is InChI=1S/C21H26N2O3S/c1-15-8-10-18(11-9-15)27-13-12-22-19(24)16-6-5-7-17(14-16)23-20(25)26-21(2,3)4/h5-11,14H,12-13H2,1-4H3,(H,22,24)(H,23,25). The molecule has 2 amide bonds. The number of ether oxygens (including phenoxy) is 1. The van der Waals surface area contributed by atoms with Crippen molar-refractivity contribution in [2.75, 3.05) is 17.6 Å². The number of benzene rings is 2. The summed E-state index contributed by atoms with van der Waals surface area (Å²) in [5.41, 5.74) is 1.66. The molecule has 0 spiro atoms. The van der Waals surface area contributed by atoms with Crippen LogP contribution in [-0.2, 0) is 4.74 Å². The van der Waals surface area contributed by atoms with E-state index < -0.39 is 11.7 Å². The Hall–Kier alpha value is -2.47. The molecule has 2 aromatic rings. The molecule has 0 aliphatic carbocycles. The number of amides is 2. The number of anilines is 1. The predicted octanol–water partition coefficient (Wildman–Crippen LogP) is 4.86. The Kier molecular flexibility index (Phi) is 7.30. The highest BCUT2D eigenvalue weighted by Crippen LogP contribution is 2.18. The lowest BCUT2D eigenvalue weighted by molar-refractivity contribution is 0.0635. The molecule has 0 atom stereocenters. The van der Waals surface area contributed by atoms with E-state index in [0.717, 1.165) is 5.75 Å². The van der Waals surface area contributed by atoms with Gasteiger partial charge in [-0.2, -0.15) is 0 Å². The smallest absolute Gasteiger partial charge is 0.412 e. The fourth-order valence-corrected chi connectivity index (χ4v) is 3.00. The minimum Gasteiger partial charge on any atom is -0.444 e. The molecule has 0 unspecified atom stereocenters. The van der Waals surface area contributed by atoms with Crippen LogP contribution in [0.4, 0.5) is 10.5 Å². The van der Waals surface area contributed by atoms with E-state index in [9.17, 15) is 9.59 Å². The van der Waals surface area contributed by atoms with Crippen LogP contribution in [-0.4, -0.2) is 29.9 Å². The number of nitrogens with one attached hydrogen (secondary N) is 2. The summed E-state index contributed by atoms with van der Waals surface area (Å²) in [6.07, 6.45) is -0.547. The number of rotatable bonds is 6. The fraction of sp³-hybridized carbons (Fsp3) is 0.333. The van der Waals surface area contributed by atoms with E-state index in [1.54, 1.807) is 56.8 Å². The van der Waals surface area contributed by atoms with Gasteiger partial charge in [-0.25, -0.2) is 4.79 Å². The van der Waals surface area contributed by atoms with Crippen LogP contribution in [0.3, 0.4) is 0 Å². The Labute approximate surface area is 164 Å². The molecule has 0 fully saturated rings. The molecule has 0 heterocycles. The Bertz CT molecular complexity index is 783. The zero-order chi connectivity index (χ0) is 19.9.